The summed E-state index contributed by atoms with van der Waals surface area (Å²) in [6.45, 7) is 9.09. The first-order valence-corrected chi connectivity index (χ1v) is 6.27. The van der Waals surface area contributed by atoms with Crippen molar-refractivity contribution in [2.45, 2.75) is 27.7 Å². The van der Waals surface area contributed by atoms with Crippen molar-refractivity contribution in [3.05, 3.63) is 41.2 Å². The summed E-state index contributed by atoms with van der Waals surface area (Å²) in [7, 11) is 0. The number of hydrogen-bond donors (Lipinski definition) is 1. The molecule has 1 heterocycles. The highest BCUT2D eigenvalue weighted by Gasteiger charge is 2.05. The Labute approximate surface area is 108 Å². The number of aryl methyl sites for hydroxylation is 3. The van der Waals surface area contributed by atoms with Crippen LogP contribution in [-0.4, -0.2) is 16.5 Å². The molecule has 3 heteroatoms. The molecule has 94 valence electrons. The molecular weight excluding hydrogens is 222 g/mol. The molecule has 0 radical (unpaired) electrons. The second-order valence-corrected chi connectivity index (χ2v) is 4.52. The molecule has 0 unspecified atom stereocenters. The van der Waals surface area contributed by atoms with Gasteiger partial charge in [0.25, 0.3) is 0 Å². The van der Waals surface area contributed by atoms with Gasteiger partial charge >= 0.3 is 0 Å². The van der Waals surface area contributed by atoms with Gasteiger partial charge in [-0.3, -0.25) is 0 Å². The molecule has 0 aliphatic rings. The summed E-state index contributed by atoms with van der Waals surface area (Å²) in [4.78, 5) is 8.87. The van der Waals surface area contributed by atoms with E-state index in [1.807, 2.05) is 13.0 Å². The Morgan fingerprint density at radius 1 is 1.00 bits per heavy atom. The first-order chi connectivity index (χ1) is 8.60. The summed E-state index contributed by atoms with van der Waals surface area (Å²) in [6, 6.07) is 8.42. The summed E-state index contributed by atoms with van der Waals surface area (Å²) in [5.41, 5.74) is 4.70. The smallest absolute Gasteiger partial charge is 0.130 e. The number of benzene rings is 1. The Kier molecular flexibility index (Phi) is 3.60. The Hall–Kier alpha value is -1.90. The standard InChI is InChI=1S/C15H19N3/c1-5-16-15-9-14(17-12(4)18-15)13-7-6-10(2)11(3)8-13/h6-9H,5H2,1-4H3,(H,16,17,18). The van der Waals surface area contributed by atoms with Crippen molar-refractivity contribution < 1.29 is 0 Å². The van der Waals surface area contributed by atoms with Crippen molar-refractivity contribution in [2.24, 2.45) is 0 Å². The van der Waals surface area contributed by atoms with E-state index in [9.17, 15) is 0 Å². The Bertz CT molecular complexity index is 562. The molecule has 0 atom stereocenters. The summed E-state index contributed by atoms with van der Waals surface area (Å²) in [5, 5.41) is 3.23. The van der Waals surface area contributed by atoms with Crippen LogP contribution in [0.4, 0.5) is 5.82 Å². The van der Waals surface area contributed by atoms with E-state index in [0.717, 1.165) is 29.4 Å². The van der Waals surface area contributed by atoms with Gasteiger partial charge in [-0.1, -0.05) is 12.1 Å². The zero-order valence-corrected chi connectivity index (χ0v) is 11.4. The van der Waals surface area contributed by atoms with Gasteiger partial charge in [-0.2, -0.15) is 0 Å². The summed E-state index contributed by atoms with van der Waals surface area (Å²) in [5.74, 6) is 1.68. The molecule has 0 bridgehead atoms. The first kappa shape index (κ1) is 12.6. The Morgan fingerprint density at radius 3 is 2.44 bits per heavy atom. The van der Waals surface area contributed by atoms with Gasteiger partial charge in [-0.15, -0.1) is 0 Å². The summed E-state index contributed by atoms with van der Waals surface area (Å²) < 4.78 is 0. The van der Waals surface area contributed by atoms with Crippen LogP contribution in [0.5, 0.6) is 0 Å². The average molecular weight is 241 g/mol. The van der Waals surface area contributed by atoms with Gasteiger partial charge in [0.2, 0.25) is 0 Å². The minimum absolute atomic E-state index is 0.793. The third-order valence-corrected chi connectivity index (χ3v) is 3.00. The van der Waals surface area contributed by atoms with E-state index in [1.165, 1.54) is 11.1 Å². The number of anilines is 1. The molecule has 0 aliphatic carbocycles. The fourth-order valence-corrected chi connectivity index (χ4v) is 1.89. The zero-order valence-electron chi connectivity index (χ0n) is 11.4. The number of rotatable bonds is 3. The third kappa shape index (κ3) is 2.67. The van der Waals surface area contributed by atoms with E-state index < -0.39 is 0 Å². The lowest BCUT2D eigenvalue weighted by atomic mass is 10.0. The van der Waals surface area contributed by atoms with Crippen LogP contribution in [0, 0.1) is 20.8 Å². The van der Waals surface area contributed by atoms with Crippen LogP contribution in [0.25, 0.3) is 11.3 Å². The van der Waals surface area contributed by atoms with Gasteiger partial charge < -0.3 is 5.32 Å². The molecule has 0 saturated heterocycles. The monoisotopic (exact) mass is 241 g/mol. The van der Waals surface area contributed by atoms with Crippen molar-refractivity contribution in [2.75, 3.05) is 11.9 Å². The van der Waals surface area contributed by atoms with Crippen LogP contribution in [0.2, 0.25) is 0 Å². The minimum atomic E-state index is 0.793. The predicted molar refractivity (Wildman–Crippen MR) is 75.8 cm³/mol. The van der Waals surface area contributed by atoms with Crippen molar-refractivity contribution in [3.8, 4) is 11.3 Å². The van der Waals surface area contributed by atoms with Crippen molar-refractivity contribution in [3.63, 3.8) is 0 Å². The van der Waals surface area contributed by atoms with Crippen LogP contribution < -0.4 is 5.32 Å². The van der Waals surface area contributed by atoms with Gasteiger partial charge in [0.15, 0.2) is 0 Å². The molecule has 1 N–H and O–H groups in total. The number of nitrogens with one attached hydrogen (secondary N) is 1. The van der Waals surface area contributed by atoms with E-state index >= 15 is 0 Å². The third-order valence-electron chi connectivity index (χ3n) is 3.00. The maximum absolute atomic E-state index is 4.51. The Morgan fingerprint density at radius 2 is 1.78 bits per heavy atom. The zero-order chi connectivity index (χ0) is 13.1. The maximum atomic E-state index is 4.51. The number of nitrogens with zero attached hydrogens (tertiary/aromatic N) is 2. The lowest BCUT2D eigenvalue weighted by molar-refractivity contribution is 1.04. The molecule has 1 aromatic heterocycles. The van der Waals surface area contributed by atoms with E-state index in [0.29, 0.717) is 0 Å². The predicted octanol–water partition coefficient (Wildman–Crippen LogP) is 3.50. The van der Waals surface area contributed by atoms with E-state index in [2.05, 4.69) is 54.3 Å². The molecule has 0 aliphatic heterocycles. The SMILES string of the molecule is CCNc1cc(-c2ccc(C)c(C)c2)nc(C)n1. The fraction of sp³-hybridized carbons (Fsp3) is 0.333. The minimum Gasteiger partial charge on any atom is -0.370 e. The van der Waals surface area contributed by atoms with E-state index in [1.54, 1.807) is 0 Å². The first-order valence-electron chi connectivity index (χ1n) is 6.27. The average Bonchev–Trinajstić information content (AvgIpc) is 2.32. The molecule has 0 spiro atoms. The molecule has 0 amide bonds. The molecular formula is C15H19N3. The normalized spacial score (nSPS) is 10.4. The molecule has 2 rings (SSSR count). The molecule has 18 heavy (non-hydrogen) atoms. The van der Waals surface area contributed by atoms with Crippen molar-refractivity contribution in [1.82, 2.24) is 9.97 Å². The fourth-order valence-electron chi connectivity index (χ4n) is 1.89. The van der Waals surface area contributed by atoms with Crippen molar-refractivity contribution in [1.29, 1.82) is 0 Å². The largest absolute Gasteiger partial charge is 0.370 e. The van der Waals surface area contributed by atoms with E-state index in [-0.39, 0.29) is 0 Å². The summed E-state index contributed by atoms with van der Waals surface area (Å²) in [6.07, 6.45) is 0. The summed E-state index contributed by atoms with van der Waals surface area (Å²) >= 11 is 0. The topological polar surface area (TPSA) is 37.8 Å². The quantitative estimate of drug-likeness (QED) is 0.893. The number of hydrogen-bond acceptors (Lipinski definition) is 3. The molecule has 0 fully saturated rings. The van der Waals surface area contributed by atoms with Crippen LogP contribution in [0.1, 0.15) is 23.9 Å². The van der Waals surface area contributed by atoms with Gasteiger partial charge in [0.1, 0.15) is 11.6 Å². The number of aromatic nitrogens is 2. The van der Waals surface area contributed by atoms with Crippen LogP contribution in [0.15, 0.2) is 24.3 Å². The molecule has 2 aromatic rings. The molecule has 0 saturated carbocycles. The maximum Gasteiger partial charge on any atom is 0.130 e. The molecule has 3 nitrogen and oxygen atoms in total. The highest BCUT2D eigenvalue weighted by atomic mass is 15.0. The highest BCUT2D eigenvalue weighted by molar-refractivity contribution is 5.64. The van der Waals surface area contributed by atoms with Crippen molar-refractivity contribution >= 4 is 5.82 Å². The van der Waals surface area contributed by atoms with Crippen LogP contribution >= 0.6 is 0 Å². The highest BCUT2D eigenvalue weighted by Crippen LogP contribution is 2.22. The van der Waals surface area contributed by atoms with Crippen LogP contribution in [-0.2, 0) is 0 Å². The lowest BCUT2D eigenvalue weighted by Gasteiger charge is -2.08. The van der Waals surface area contributed by atoms with Crippen LogP contribution in [0.3, 0.4) is 0 Å². The van der Waals surface area contributed by atoms with Gasteiger partial charge in [-0.25, -0.2) is 9.97 Å². The molecule has 1 aromatic carbocycles. The second-order valence-electron chi connectivity index (χ2n) is 4.52. The van der Waals surface area contributed by atoms with Gasteiger partial charge in [-0.05, 0) is 44.9 Å². The lowest BCUT2D eigenvalue weighted by Crippen LogP contribution is -2.02. The van der Waals surface area contributed by atoms with Gasteiger partial charge in [0, 0.05) is 18.2 Å². The second kappa shape index (κ2) is 5.17. The van der Waals surface area contributed by atoms with Gasteiger partial charge in [0.05, 0.1) is 5.69 Å². The van der Waals surface area contributed by atoms with E-state index in [4.69, 9.17) is 0 Å². The Balaban J connectivity index is 2.46.